The molecule has 0 atom stereocenters. The predicted molar refractivity (Wildman–Crippen MR) is 75.1 cm³/mol. The van der Waals surface area contributed by atoms with Gasteiger partial charge < -0.3 is 5.32 Å². The molecule has 4 heteroatoms. The Morgan fingerprint density at radius 1 is 1.29 bits per heavy atom. The van der Waals surface area contributed by atoms with Crippen LogP contribution in [0.1, 0.15) is 21.0 Å². The van der Waals surface area contributed by atoms with Crippen molar-refractivity contribution in [2.75, 3.05) is 5.32 Å². The summed E-state index contributed by atoms with van der Waals surface area (Å²) in [6.07, 6.45) is 0. The van der Waals surface area contributed by atoms with Crippen LogP contribution < -0.4 is 5.32 Å². The van der Waals surface area contributed by atoms with E-state index in [4.69, 9.17) is 11.6 Å². The summed E-state index contributed by atoms with van der Waals surface area (Å²) in [5.74, 6) is 0. The monoisotopic (exact) mass is 266 g/mol. The van der Waals surface area contributed by atoms with Crippen LogP contribution in [0.25, 0.3) is 0 Å². The summed E-state index contributed by atoms with van der Waals surface area (Å²) in [6.45, 7) is 7.08. The fraction of sp³-hybridized carbons (Fsp3) is 0.308. The van der Waals surface area contributed by atoms with Crippen LogP contribution in [0.5, 0.6) is 0 Å². The van der Waals surface area contributed by atoms with Crippen molar-refractivity contribution in [1.82, 2.24) is 4.98 Å². The van der Waals surface area contributed by atoms with Gasteiger partial charge in [-0.25, -0.2) is 4.98 Å². The lowest BCUT2D eigenvalue weighted by Gasteiger charge is -2.08. The third kappa shape index (κ3) is 2.99. The van der Waals surface area contributed by atoms with E-state index in [9.17, 15) is 0 Å². The van der Waals surface area contributed by atoms with Crippen molar-refractivity contribution in [1.29, 1.82) is 0 Å². The molecule has 17 heavy (non-hydrogen) atoms. The maximum absolute atomic E-state index is 5.83. The molecule has 0 saturated carbocycles. The third-order valence-corrected chi connectivity index (χ3v) is 3.88. The molecule has 0 aliphatic heterocycles. The second-order valence-corrected chi connectivity index (χ2v) is 5.91. The fourth-order valence-electron chi connectivity index (χ4n) is 1.77. The molecular weight excluding hydrogens is 252 g/mol. The molecule has 0 unspecified atom stereocenters. The molecule has 2 nitrogen and oxygen atoms in total. The molecule has 0 aliphatic carbocycles. The number of pyridine rings is 1. The number of hydrogen-bond acceptors (Lipinski definition) is 3. The lowest BCUT2D eigenvalue weighted by atomic mass is 10.2. The Morgan fingerprint density at radius 3 is 2.65 bits per heavy atom. The quantitative estimate of drug-likeness (QED) is 0.837. The molecule has 90 valence electrons. The minimum Gasteiger partial charge on any atom is -0.379 e. The molecule has 0 saturated heterocycles. The standard InChI is InChI=1S/C13H15ClN2S/c1-8-6-11(10(3)17-8)7-15-12-4-5-13(14)16-9(12)2/h4-6,15H,7H2,1-3H3. The van der Waals surface area contributed by atoms with E-state index in [-0.39, 0.29) is 0 Å². The van der Waals surface area contributed by atoms with E-state index in [1.54, 1.807) is 0 Å². The van der Waals surface area contributed by atoms with Crippen LogP contribution in [0.15, 0.2) is 18.2 Å². The zero-order valence-electron chi connectivity index (χ0n) is 10.2. The second kappa shape index (κ2) is 5.07. The zero-order valence-corrected chi connectivity index (χ0v) is 11.7. The summed E-state index contributed by atoms with van der Waals surface area (Å²) >= 11 is 7.66. The van der Waals surface area contributed by atoms with Crippen molar-refractivity contribution in [3.8, 4) is 0 Å². The SMILES string of the molecule is Cc1cc(CNc2ccc(Cl)nc2C)c(C)s1. The van der Waals surface area contributed by atoms with E-state index in [2.05, 4.69) is 30.2 Å². The van der Waals surface area contributed by atoms with Crippen molar-refractivity contribution in [3.05, 3.63) is 44.4 Å². The summed E-state index contributed by atoms with van der Waals surface area (Å²) in [7, 11) is 0. The molecule has 0 aromatic carbocycles. The lowest BCUT2D eigenvalue weighted by Crippen LogP contribution is -2.02. The molecule has 0 spiro atoms. The Kier molecular flexibility index (Phi) is 3.69. The van der Waals surface area contributed by atoms with Gasteiger partial charge in [0, 0.05) is 16.3 Å². The molecule has 0 aliphatic rings. The Balaban J connectivity index is 2.10. The number of rotatable bonds is 3. The molecule has 2 aromatic rings. The summed E-state index contributed by atoms with van der Waals surface area (Å²) in [6, 6.07) is 6.01. The van der Waals surface area contributed by atoms with Crippen molar-refractivity contribution < 1.29 is 0 Å². The van der Waals surface area contributed by atoms with E-state index < -0.39 is 0 Å². The average molecular weight is 267 g/mol. The zero-order chi connectivity index (χ0) is 12.4. The molecule has 2 rings (SSSR count). The number of aryl methyl sites for hydroxylation is 3. The minimum atomic E-state index is 0.538. The number of halogens is 1. The normalized spacial score (nSPS) is 10.6. The highest BCUT2D eigenvalue weighted by Gasteiger charge is 2.04. The van der Waals surface area contributed by atoms with Crippen LogP contribution in [0.4, 0.5) is 5.69 Å². The first-order valence-corrected chi connectivity index (χ1v) is 6.68. The average Bonchev–Trinajstić information content (AvgIpc) is 2.56. The number of hydrogen-bond donors (Lipinski definition) is 1. The van der Waals surface area contributed by atoms with Gasteiger partial charge in [0.15, 0.2) is 0 Å². The van der Waals surface area contributed by atoms with E-state index >= 15 is 0 Å². The first kappa shape index (κ1) is 12.4. The summed E-state index contributed by atoms with van der Waals surface area (Å²) in [5.41, 5.74) is 3.32. The Hall–Kier alpha value is -1.06. The van der Waals surface area contributed by atoms with Crippen LogP contribution in [-0.2, 0) is 6.54 Å². The Bertz CT molecular complexity index is 534. The van der Waals surface area contributed by atoms with Gasteiger partial charge in [0.1, 0.15) is 5.15 Å². The largest absolute Gasteiger partial charge is 0.379 e. The van der Waals surface area contributed by atoms with E-state index in [1.807, 2.05) is 30.4 Å². The minimum absolute atomic E-state index is 0.538. The fourth-order valence-corrected chi connectivity index (χ4v) is 2.90. The first-order chi connectivity index (χ1) is 8.06. The van der Waals surface area contributed by atoms with Crippen LogP contribution in [0.2, 0.25) is 5.15 Å². The van der Waals surface area contributed by atoms with Crippen LogP contribution in [0.3, 0.4) is 0 Å². The van der Waals surface area contributed by atoms with Gasteiger partial charge in [-0.3, -0.25) is 0 Å². The maximum atomic E-state index is 5.83. The third-order valence-electron chi connectivity index (χ3n) is 2.66. The van der Waals surface area contributed by atoms with Gasteiger partial charge in [0.25, 0.3) is 0 Å². The maximum Gasteiger partial charge on any atom is 0.129 e. The molecule has 0 radical (unpaired) electrons. The van der Waals surface area contributed by atoms with Gasteiger partial charge in [0.05, 0.1) is 11.4 Å². The van der Waals surface area contributed by atoms with E-state index in [0.717, 1.165) is 17.9 Å². The van der Waals surface area contributed by atoms with E-state index in [1.165, 1.54) is 15.3 Å². The molecular formula is C13H15ClN2S. The van der Waals surface area contributed by atoms with Gasteiger partial charge >= 0.3 is 0 Å². The summed E-state index contributed by atoms with van der Waals surface area (Å²) < 4.78 is 0. The summed E-state index contributed by atoms with van der Waals surface area (Å²) in [5, 5.41) is 3.93. The summed E-state index contributed by atoms with van der Waals surface area (Å²) in [4.78, 5) is 6.94. The molecule has 0 bridgehead atoms. The molecule has 0 amide bonds. The Morgan fingerprint density at radius 2 is 2.06 bits per heavy atom. The highest BCUT2D eigenvalue weighted by Crippen LogP contribution is 2.22. The number of nitrogens with zero attached hydrogens (tertiary/aromatic N) is 1. The van der Waals surface area contributed by atoms with Crippen molar-refractivity contribution >= 4 is 28.6 Å². The van der Waals surface area contributed by atoms with Crippen molar-refractivity contribution in [3.63, 3.8) is 0 Å². The van der Waals surface area contributed by atoms with Crippen molar-refractivity contribution in [2.24, 2.45) is 0 Å². The predicted octanol–water partition coefficient (Wildman–Crippen LogP) is 4.33. The number of nitrogens with one attached hydrogen (secondary N) is 1. The molecule has 1 N–H and O–H groups in total. The highest BCUT2D eigenvalue weighted by molar-refractivity contribution is 7.12. The Labute approximate surface area is 111 Å². The number of aromatic nitrogens is 1. The number of thiophene rings is 1. The molecule has 2 heterocycles. The second-order valence-electron chi connectivity index (χ2n) is 4.06. The van der Waals surface area contributed by atoms with Crippen molar-refractivity contribution in [2.45, 2.75) is 27.3 Å². The number of anilines is 1. The smallest absolute Gasteiger partial charge is 0.129 e. The highest BCUT2D eigenvalue weighted by atomic mass is 35.5. The molecule has 2 aromatic heterocycles. The van der Waals surface area contributed by atoms with Crippen LogP contribution in [0, 0.1) is 20.8 Å². The van der Waals surface area contributed by atoms with Gasteiger partial charge in [-0.05, 0) is 44.5 Å². The van der Waals surface area contributed by atoms with E-state index in [0.29, 0.717) is 5.15 Å². The van der Waals surface area contributed by atoms with Gasteiger partial charge in [-0.1, -0.05) is 11.6 Å². The molecule has 0 fully saturated rings. The van der Waals surface area contributed by atoms with Crippen LogP contribution in [-0.4, -0.2) is 4.98 Å². The topological polar surface area (TPSA) is 24.9 Å². The first-order valence-electron chi connectivity index (χ1n) is 5.49. The van der Waals surface area contributed by atoms with Gasteiger partial charge in [-0.2, -0.15) is 0 Å². The van der Waals surface area contributed by atoms with Crippen LogP contribution >= 0.6 is 22.9 Å². The lowest BCUT2D eigenvalue weighted by molar-refractivity contribution is 1.10. The van der Waals surface area contributed by atoms with Gasteiger partial charge in [-0.15, -0.1) is 11.3 Å². The van der Waals surface area contributed by atoms with Gasteiger partial charge in [0.2, 0.25) is 0 Å².